The van der Waals surface area contributed by atoms with Crippen LogP contribution in [0.2, 0.25) is 0 Å². The Morgan fingerprint density at radius 1 is 0.700 bits per heavy atom. The molecule has 2 atom stereocenters. The van der Waals surface area contributed by atoms with Gasteiger partial charge in [-0.2, -0.15) is 9.67 Å². The fourth-order valence-corrected chi connectivity index (χ4v) is 9.47. The zero-order valence-electron chi connectivity index (χ0n) is 22.0. The van der Waals surface area contributed by atoms with Gasteiger partial charge in [0.15, 0.2) is 11.9 Å². The molecule has 188 valence electrons. The molecular formula is C36H25N4+. The Balaban J connectivity index is 1.39. The maximum absolute atomic E-state index is 4.62. The highest BCUT2D eigenvalue weighted by Gasteiger charge is 2.65. The van der Waals surface area contributed by atoms with Gasteiger partial charge in [0.05, 0.1) is 34.1 Å². The smallest absolute Gasteiger partial charge is 0.244 e. The standard InChI is InChI=1S/C36H25N4/c1-37-39-19-36-32-27(39)12-5-13-28(32)40-26-11-3-2-7-20(26)15-25-18-24-17-22-9-4-8-21-16-23-10-6-14-38(36)34(23)31(29(21)22)30(24)33(36)35(25)40/h2-14,18,31H,1,15-17,19H2/q+1. The molecule has 4 nitrogen and oxygen atoms in total. The Hall–Kier alpha value is -4.70. The summed E-state index contributed by atoms with van der Waals surface area (Å²) in [6.07, 6.45) is 5.33. The zero-order chi connectivity index (χ0) is 25.9. The molecule has 2 unspecified atom stereocenters. The number of hydrogen-bond donors (Lipinski definition) is 0. The average molecular weight is 514 g/mol. The topological polar surface area (TPSA) is 22.7 Å². The number of pyridine rings is 1. The van der Waals surface area contributed by atoms with Crippen LogP contribution in [0.1, 0.15) is 67.2 Å². The maximum atomic E-state index is 4.62. The van der Waals surface area contributed by atoms with Crippen molar-refractivity contribution in [1.82, 2.24) is 0 Å². The van der Waals surface area contributed by atoms with Crippen LogP contribution in [0.25, 0.3) is 0 Å². The van der Waals surface area contributed by atoms with E-state index in [9.17, 15) is 0 Å². The SMILES string of the molecule is C=NN1CC23c4c1cccc4N1c4ccccc4Cc4cc5c(c2c41)C1c2c(cccc2Cc2ccc[n+]3c21)C5. The third kappa shape index (κ3) is 1.96. The first-order valence-electron chi connectivity index (χ1n) is 14.4. The number of aromatic nitrogens is 1. The largest absolute Gasteiger partial charge is 0.309 e. The van der Waals surface area contributed by atoms with Crippen molar-refractivity contribution in [3.8, 4) is 0 Å². The molecular weight excluding hydrogens is 488 g/mol. The van der Waals surface area contributed by atoms with Gasteiger partial charge in [0.2, 0.25) is 5.54 Å². The average Bonchev–Trinajstić information content (AvgIpc) is 3.33. The fraction of sp³-hybridized carbons (Fsp3) is 0.167. The molecule has 1 spiro atoms. The van der Waals surface area contributed by atoms with E-state index in [0.29, 0.717) is 0 Å². The third-order valence-corrected chi connectivity index (χ3v) is 10.7. The first-order valence-corrected chi connectivity index (χ1v) is 14.4. The molecule has 2 aliphatic carbocycles. The maximum Gasteiger partial charge on any atom is 0.244 e. The van der Waals surface area contributed by atoms with Crippen LogP contribution >= 0.6 is 0 Å². The Morgan fingerprint density at radius 2 is 1.43 bits per heavy atom. The lowest BCUT2D eigenvalue weighted by atomic mass is 9.60. The molecule has 0 saturated heterocycles. The summed E-state index contributed by atoms with van der Waals surface area (Å²) in [5.74, 6) is 0.268. The lowest BCUT2D eigenvalue weighted by molar-refractivity contribution is -0.750. The number of hydrazone groups is 1. The Bertz CT molecular complexity index is 2070. The van der Waals surface area contributed by atoms with E-state index in [1.54, 1.807) is 11.1 Å². The highest BCUT2D eigenvalue weighted by Crippen LogP contribution is 2.65. The van der Waals surface area contributed by atoms with E-state index in [4.69, 9.17) is 0 Å². The first-order chi connectivity index (χ1) is 19.8. The van der Waals surface area contributed by atoms with Crippen molar-refractivity contribution in [3.63, 3.8) is 0 Å². The highest BCUT2D eigenvalue weighted by atomic mass is 15.5. The van der Waals surface area contributed by atoms with Gasteiger partial charge in [-0.1, -0.05) is 48.5 Å². The van der Waals surface area contributed by atoms with Crippen LogP contribution in [0.4, 0.5) is 22.7 Å². The van der Waals surface area contributed by atoms with E-state index >= 15 is 0 Å². The van der Waals surface area contributed by atoms with E-state index in [2.05, 4.69) is 111 Å². The molecule has 0 saturated carbocycles. The number of hydrogen-bond acceptors (Lipinski definition) is 3. The molecule has 0 fully saturated rings. The Labute approximate surface area is 232 Å². The summed E-state index contributed by atoms with van der Waals surface area (Å²) in [5.41, 5.74) is 21.1. The van der Waals surface area contributed by atoms with E-state index < -0.39 is 0 Å². The minimum absolute atomic E-state index is 0.268. The van der Waals surface area contributed by atoms with E-state index in [1.165, 1.54) is 73.0 Å². The molecule has 5 aromatic rings. The van der Waals surface area contributed by atoms with Gasteiger partial charge in [-0.15, -0.1) is 0 Å². The molecule has 0 radical (unpaired) electrons. The van der Waals surface area contributed by atoms with Crippen molar-refractivity contribution in [3.05, 3.63) is 146 Å². The van der Waals surface area contributed by atoms with Gasteiger partial charge >= 0.3 is 0 Å². The second kappa shape index (κ2) is 6.37. The minimum atomic E-state index is -0.350. The number of anilines is 4. The molecule has 0 amide bonds. The number of fused-ring (bicyclic) bond motifs is 3. The number of para-hydroxylation sites is 1. The quantitative estimate of drug-likeness (QED) is 0.193. The van der Waals surface area contributed by atoms with E-state index in [1.807, 2.05) is 0 Å². The van der Waals surface area contributed by atoms with Gasteiger partial charge in [0, 0.05) is 36.9 Å². The zero-order valence-corrected chi connectivity index (χ0v) is 22.0. The van der Waals surface area contributed by atoms with Gasteiger partial charge in [0.1, 0.15) is 6.54 Å². The molecule has 11 rings (SSSR count). The summed E-state index contributed by atoms with van der Waals surface area (Å²) in [4.78, 5) is 2.59. The van der Waals surface area contributed by atoms with Crippen LogP contribution in [-0.2, 0) is 24.8 Å². The van der Waals surface area contributed by atoms with Crippen LogP contribution < -0.4 is 14.5 Å². The van der Waals surface area contributed by atoms with Crippen LogP contribution in [-0.4, -0.2) is 13.3 Å². The molecule has 4 heteroatoms. The summed E-state index contributed by atoms with van der Waals surface area (Å²) in [5, 5.41) is 6.78. The third-order valence-electron chi connectivity index (χ3n) is 10.7. The van der Waals surface area contributed by atoms with Gasteiger partial charge < -0.3 is 4.90 Å². The van der Waals surface area contributed by atoms with Gasteiger partial charge in [-0.3, -0.25) is 5.01 Å². The van der Waals surface area contributed by atoms with Crippen LogP contribution in [0, 0.1) is 0 Å². The van der Waals surface area contributed by atoms with Gasteiger partial charge in [-0.25, -0.2) is 0 Å². The lowest BCUT2D eigenvalue weighted by Crippen LogP contribution is -2.67. The van der Waals surface area contributed by atoms with Gasteiger partial charge in [0.25, 0.3) is 0 Å². The summed E-state index contributed by atoms with van der Waals surface area (Å²) in [6.45, 7) is 4.82. The second-order valence-electron chi connectivity index (χ2n) is 12.3. The van der Waals surface area contributed by atoms with Gasteiger partial charge in [-0.05, 0) is 69.6 Å². The normalized spacial score (nSPS) is 21.9. The number of rotatable bonds is 1. The van der Waals surface area contributed by atoms with Crippen molar-refractivity contribution >= 4 is 29.5 Å². The predicted octanol–water partition coefficient (Wildman–Crippen LogP) is 6.19. The molecule has 0 N–H and O–H groups in total. The van der Waals surface area contributed by atoms with Crippen molar-refractivity contribution in [1.29, 1.82) is 0 Å². The van der Waals surface area contributed by atoms with Crippen molar-refractivity contribution < 1.29 is 4.57 Å². The summed E-state index contributed by atoms with van der Waals surface area (Å²) < 4.78 is 2.68. The van der Waals surface area contributed by atoms with Crippen LogP contribution in [0.5, 0.6) is 0 Å². The monoisotopic (exact) mass is 513 g/mol. The second-order valence-corrected chi connectivity index (χ2v) is 12.3. The Morgan fingerprint density at radius 3 is 2.33 bits per heavy atom. The fourth-order valence-electron chi connectivity index (χ4n) is 9.47. The molecule has 4 aromatic carbocycles. The molecule has 1 aromatic heterocycles. The molecule has 6 aliphatic rings. The Kier molecular flexibility index (Phi) is 3.22. The number of benzene rings is 4. The van der Waals surface area contributed by atoms with Crippen LogP contribution in [0.15, 0.2) is 90.2 Å². The summed E-state index contributed by atoms with van der Waals surface area (Å²) in [7, 11) is 0. The lowest BCUT2D eigenvalue weighted by Gasteiger charge is -2.49. The highest BCUT2D eigenvalue weighted by molar-refractivity contribution is 5.96. The van der Waals surface area contributed by atoms with E-state index in [0.717, 1.165) is 25.8 Å². The number of nitrogens with zero attached hydrogens (tertiary/aromatic N) is 4. The summed E-state index contributed by atoms with van der Waals surface area (Å²) in [6, 6.07) is 30.0. The van der Waals surface area contributed by atoms with Crippen molar-refractivity contribution in [2.75, 3.05) is 16.5 Å². The van der Waals surface area contributed by atoms with Crippen molar-refractivity contribution in [2.45, 2.75) is 30.7 Å². The van der Waals surface area contributed by atoms with E-state index in [-0.39, 0.29) is 11.5 Å². The first kappa shape index (κ1) is 20.2. The summed E-state index contributed by atoms with van der Waals surface area (Å²) >= 11 is 0. The molecule has 40 heavy (non-hydrogen) atoms. The molecule has 5 heterocycles. The minimum Gasteiger partial charge on any atom is -0.309 e. The van der Waals surface area contributed by atoms with Crippen molar-refractivity contribution in [2.24, 2.45) is 5.10 Å². The predicted molar refractivity (Wildman–Crippen MR) is 157 cm³/mol. The molecule has 0 bridgehead atoms. The molecule has 4 aliphatic heterocycles. The van der Waals surface area contributed by atoms with Crippen LogP contribution in [0.3, 0.4) is 0 Å².